The predicted octanol–water partition coefficient (Wildman–Crippen LogP) is 3.53. The molecule has 5 nitrogen and oxygen atoms in total. The highest BCUT2D eigenvalue weighted by Gasteiger charge is 2.22. The number of ether oxygens (including phenoxy) is 2. The minimum atomic E-state index is -0.139. The summed E-state index contributed by atoms with van der Waals surface area (Å²) in [6, 6.07) is 3.76. The maximum atomic E-state index is 12.5. The zero-order valence-electron chi connectivity index (χ0n) is 14.4. The van der Waals surface area contributed by atoms with Crippen molar-refractivity contribution in [2.75, 3.05) is 13.2 Å². The molecule has 0 aliphatic heterocycles. The first kappa shape index (κ1) is 18.9. The summed E-state index contributed by atoms with van der Waals surface area (Å²) in [6.07, 6.45) is 4.58. The van der Waals surface area contributed by atoms with Crippen LogP contribution in [0.4, 0.5) is 0 Å². The third-order valence-electron chi connectivity index (χ3n) is 4.13. The SMILES string of the molecule is CCCOc1c(Cl)cc(C(=O)NC2CCC(N)CC2)cc1OCC. The lowest BCUT2D eigenvalue weighted by Crippen LogP contribution is -2.40. The Morgan fingerprint density at radius 3 is 2.58 bits per heavy atom. The highest BCUT2D eigenvalue weighted by molar-refractivity contribution is 6.32. The van der Waals surface area contributed by atoms with Crippen molar-refractivity contribution in [1.29, 1.82) is 0 Å². The van der Waals surface area contributed by atoms with Gasteiger partial charge in [-0.05, 0) is 51.2 Å². The number of nitrogens with one attached hydrogen (secondary N) is 1. The molecule has 24 heavy (non-hydrogen) atoms. The molecule has 6 heteroatoms. The van der Waals surface area contributed by atoms with Crippen molar-refractivity contribution in [3.8, 4) is 11.5 Å². The lowest BCUT2D eigenvalue weighted by molar-refractivity contribution is 0.0925. The summed E-state index contributed by atoms with van der Waals surface area (Å²) >= 11 is 6.31. The fourth-order valence-corrected chi connectivity index (χ4v) is 3.10. The molecule has 1 amide bonds. The van der Waals surface area contributed by atoms with Crippen molar-refractivity contribution in [2.45, 2.75) is 58.0 Å². The summed E-state index contributed by atoms with van der Waals surface area (Å²) in [7, 11) is 0. The third kappa shape index (κ3) is 5.02. The summed E-state index contributed by atoms with van der Waals surface area (Å²) in [5.74, 6) is 0.871. The van der Waals surface area contributed by atoms with Crippen LogP contribution in [0.25, 0.3) is 0 Å². The zero-order chi connectivity index (χ0) is 17.5. The van der Waals surface area contributed by atoms with Crippen molar-refractivity contribution < 1.29 is 14.3 Å². The van der Waals surface area contributed by atoms with Crippen LogP contribution < -0.4 is 20.5 Å². The average Bonchev–Trinajstić information content (AvgIpc) is 2.56. The van der Waals surface area contributed by atoms with E-state index < -0.39 is 0 Å². The van der Waals surface area contributed by atoms with Crippen LogP contribution in [0.2, 0.25) is 5.02 Å². The number of hydrogen-bond donors (Lipinski definition) is 2. The van der Waals surface area contributed by atoms with Gasteiger partial charge in [-0.15, -0.1) is 0 Å². The van der Waals surface area contributed by atoms with Crippen molar-refractivity contribution in [2.24, 2.45) is 5.73 Å². The molecule has 1 fully saturated rings. The zero-order valence-corrected chi connectivity index (χ0v) is 15.2. The van der Waals surface area contributed by atoms with E-state index in [4.69, 9.17) is 26.8 Å². The Kier molecular flexibility index (Phi) is 7.18. The molecule has 1 aliphatic rings. The molecule has 0 radical (unpaired) electrons. The summed E-state index contributed by atoms with van der Waals surface area (Å²) < 4.78 is 11.3. The molecular weight excluding hydrogens is 328 g/mol. The van der Waals surface area contributed by atoms with Gasteiger partial charge in [-0.3, -0.25) is 4.79 Å². The number of carbonyl (C=O) groups excluding carboxylic acids is 1. The van der Waals surface area contributed by atoms with Gasteiger partial charge in [-0.2, -0.15) is 0 Å². The number of amides is 1. The Morgan fingerprint density at radius 1 is 1.25 bits per heavy atom. The van der Waals surface area contributed by atoms with Crippen LogP contribution in [0.5, 0.6) is 11.5 Å². The molecule has 1 aromatic rings. The molecule has 0 bridgehead atoms. The number of hydrogen-bond acceptors (Lipinski definition) is 4. The highest BCUT2D eigenvalue weighted by atomic mass is 35.5. The molecule has 0 atom stereocenters. The summed E-state index contributed by atoms with van der Waals surface area (Å²) in [6.45, 7) is 4.93. The van der Waals surface area contributed by atoms with Gasteiger partial charge in [0.2, 0.25) is 0 Å². The standard InChI is InChI=1S/C18H27ClN2O3/c1-3-9-24-17-15(19)10-12(11-16(17)23-4-2)18(22)21-14-7-5-13(20)6-8-14/h10-11,13-14H,3-9,20H2,1-2H3,(H,21,22). The van der Waals surface area contributed by atoms with Crippen molar-refractivity contribution in [1.82, 2.24) is 5.32 Å². The van der Waals surface area contributed by atoms with Gasteiger partial charge in [-0.1, -0.05) is 18.5 Å². The maximum Gasteiger partial charge on any atom is 0.251 e. The van der Waals surface area contributed by atoms with E-state index in [1.807, 2.05) is 13.8 Å². The van der Waals surface area contributed by atoms with E-state index in [1.54, 1.807) is 12.1 Å². The van der Waals surface area contributed by atoms with Crippen molar-refractivity contribution in [3.63, 3.8) is 0 Å². The molecular formula is C18H27ClN2O3. The van der Waals surface area contributed by atoms with E-state index in [-0.39, 0.29) is 18.0 Å². The molecule has 1 aliphatic carbocycles. The van der Waals surface area contributed by atoms with Gasteiger partial charge in [-0.25, -0.2) is 0 Å². The van der Waals surface area contributed by atoms with Gasteiger partial charge in [0.05, 0.1) is 18.2 Å². The molecule has 134 valence electrons. The minimum absolute atomic E-state index is 0.139. The van der Waals surface area contributed by atoms with E-state index in [0.717, 1.165) is 32.1 Å². The number of benzene rings is 1. The van der Waals surface area contributed by atoms with Gasteiger partial charge < -0.3 is 20.5 Å². The summed E-state index contributed by atoms with van der Waals surface area (Å²) in [4.78, 5) is 12.5. The molecule has 1 aromatic carbocycles. The largest absolute Gasteiger partial charge is 0.490 e. The van der Waals surface area contributed by atoms with E-state index in [0.29, 0.717) is 35.3 Å². The van der Waals surface area contributed by atoms with Crippen LogP contribution in [0.15, 0.2) is 12.1 Å². The minimum Gasteiger partial charge on any atom is -0.490 e. The quantitative estimate of drug-likeness (QED) is 0.785. The second-order valence-corrected chi connectivity index (χ2v) is 6.56. The van der Waals surface area contributed by atoms with E-state index >= 15 is 0 Å². The smallest absolute Gasteiger partial charge is 0.251 e. The molecule has 0 saturated heterocycles. The first-order chi connectivity index (χ1) is 11.5. The maximum absolute atomic E-state index is 12.5. The Morgan fingerprint density at radius 2 is 1.96 bits per heavy atom. The van der Waals surface area contributed by atoms with Gasteiger partial charge in [0.25, 0.3) is 5.91 Å². The van der Waals surface area contributed by atoms with Crippen LogP contribution in [0.1, 0.15) is 56.3 Å². The third-order valence-corrected chi connectivity index (χ3v) is 4.41. The molecule has 0 heterocycles. The lowest BCUT2D eigenvalue weighted by atomic mass is 9.91. The van der Waals surface area contributed by atoms with Crippen LogP contribution in [0.3, 0.4) is 0 Å². The number of nitrogens with two attached hydrogens (primary N) is 1. The molecule has 3 N–H and O–H groups in total. The van der Waals surface area contributed by atoms with E-state index in [1.165, 1.54) is 0 Å². The monoisotopic (exact) mass is 354 g/mol. The molecule has 2 rings (SSSR count). The molecule has 0 unspecified atom stereocenters. The fourth-order valence-electron chi connectivity index (χ4n) is 2.84. The number of rotatable bonds is 7. The lowest BCUT2D eigenvalue weighted by Gasteiger charge is -2.27. The second-order valence-electron chi connectivity index (χ2n) is 6.15. The average molecular weight is 355 g/mol. The van der Waals surface area contributed by atoms with Crippen molar-refractivity contribution >= 4 is 17.5 Å². The first-order valence-corrected chi connectivity index (χ1v) is 9.08. The Labute approximate surface area is 148 Å². The predicted molar refractivity (Wildman–Crippen MR) is 96.1 cm³/mol. The highest BCUT2D eigenvalue weighted by Crippen LogP contribution is 2.37. The first-order valence-electron chi connectivity index (χ1n) is 8.70. The van der Waals surface area contributed by atoms with Crippen molar-refractivity contribution in [3.05, 3.63) is 22.7 Å². The van der Waals surface area contributed by atoms with E-state index in [9.17, 15) is 4.79 Å². The van der Waals surface area contributed by atoms with Crippen LogP contribution in [-0.4, -0.2) is 31.2 Å². The van der Waals surface area contributed by atoms with Gasteiger partial charge in [0.1, 0.15) is 0 Å². The Hall–Kier alpha value is -1.46. The van der Waals surface area contributed by atoms with Gasteiger partial charge >= 0.3 is 0 Å². The Balaban J connectivity index is 2.12. The van der Waals surface area contributed by atoms with Crippen LogP contribution >= 0.6 is 11.6 Å². The Bertz CT molecular complexity index is 557. The molecule has 0 aromatic heterocycles. The van der Waals surface area contributed by atoms with Gasteiger partial charge in [0.15, 0.2) is 11.5 Å². The molecule has 1 saturated carbocycles. The normalized spacial score (nSPS) is 20.5. The van der Waals surface area contributed by atoms with Gasteiger partial charge in [0, 0.05) is 17.6 Å². The molecule has 0 spiro atoms. The van der Waals surface area contributed by atoms with Crippen LogP contribution in [0, 0.1) is 0 Å². The van der Waals surface area contributed by atoms with E-state index in [2.05, 4.69) is 5.32 Å². The summed E-state index contributed by atoms with van der Waals surface area (Å²) in [5, 5.41) is 3.46. The number of halogens is 1. The van der Waals surface area contributed by atoms with Crippen LogP contribution in [-0.2, 0) is 0 Å². The fraction of sp³-hybridized carbons (Fsp3) is 0.611. The summed E-state index contributed by atoms with van der Waals surface area (Å²) in [5.41, 5.74) is 6.40. The number of carbonyl (C=O) groups is 1. The topological polar surface area (TPSA) is 73.6 Å². The second kappa shape index (κ2) is 9.14.